The molecule has 1 atom stereocenters. The van der Waals surface area contributed by atoms with Gasteiger partial charge in [0.05, 0.1) is 21.0 Å². The van der Waals surface area contributed by atoms with Crippen LogP contribution in [0.5, 0.6) is 0 Å². The van der Waals surface area contributed by atoms with Crippen molar-refractivity contribution in [3.05, 3.63) is 146 Å². The summed E-state index contributed by atoms with van der Waals surface area (Å²) in [6, 6.07) is 29.9. The van der Waals surface area contributed by atoms with Crippen LogP contribution in [0.4, 0.5) is 5.69 Å². The van der Waals surface area contributed by atoms with E-state index in [1.165, 1.54) is 30.0 Å². The molecular weight excluding hydrogens is 581 g/mol. The molecule has 11 heteroatoms. The standard InChI is InChI=1S/C30H23Cl2N5O3S/c31-25-16-11-22(18-26(25)32)29(38)33-27(17-20-7-3-1-4-8-20)28-34-35-30(41-19-21-9-5-2-6-10-21)36(28)23-12-14-24(15-13-23)37(39)40/h1-16,18,27H,17,19H2,(H,33,38)/t27-/m1/s1. The molecule has 0 aliphatic carbocycles. The number of carbonyl (C=O) groups is 1. The zero-order valence-electron chi connectivity index (χ0n) is 21.5. The van der Waals surface area contributed by atoms with Crippen LogP contribution in [0.2, 0.25) is 10.0 Å². The van der Waals surface area contributed by atoms with Crippen LogP contribution in [0.3, 0.4) is 0 Å². The van der Waals surface area contributed by atoms with Gasteiger partial charge in [-0.1, -0.05) is 95.6 Å². The fourth-order valence-corrected chi connectivity index (χ4v) is 5.44. The molecule has 5 rings (SSSR count). The van der Waals surface area contributed by atoms with E-state index < -0.39 is 11.0 Å². The van der Waals surface area contributed by atoms with Crippen LogP contribution < -0.4 is 5.32 Å². The Morgan fingerprint density at radius 3 is 2.17 bits per heavy atom. The van der Waals surface area contributed by atoms with Crippen molar-refractivity contribution in [3.63, 3.8) is 0 Å². The lowest BCUT2D eigenvalue weighted by Crippen LogP contribution is -2.32. The number of aromatic nitrogens is 3. The number of carbonyl (C=O) groups excluding carboxylic acids is 1. The van der Waals surface area contributed by atoms with Gasteiger partial charge in [-0.2, -0.15) is 0 Å². The highest BCUT2D eigenvalue weighted by Crippen LogP contribution is 2.30. The Kier molecular flexibility index (Phi) is 8.98. The minimum absolute atomic E-state index is 0.0318. The van der Waals surface area contributed by atoms with Gasteiger partial charge in [-0.15, -0.1) is 10.2 Å². The number of nitro groups is 1. The summed E-state index contributed by atoms with van der Waals surface area (Å²) < 4.78 is 1.83. The Bertz CT molecular complexity index is 1670. The number of non-ortho nitro benzene ring substituents is 1. The van der Waals surface area contributed by atoms with Gasteiger partial charge in [0.15, 0.2) is 11.0 Å². The van der Waals surface area contributed by atoms with Crippen molar-refractivity contribution in [2.75, 3.05) is 0 Å². The second-order valence-electron chi connectivity index (χ2n) is 9.07. The maximum Gasteiger partial charge on any atom is 0.269 e. The van der Waals surface area contributed by atoms with Crippen molar-refractivity contribution in [2.45, 2.75) is 23.4 Å². The number of hydrogen-bond donors (Lipinski definition) is 1. The number of halogens is 2. The quantitative estimate of drug-likeness (QED) is 0.101. The average molecular weight is 605 g/mol. The highest BCUT2D eigenvalue weighted by molar-refractivity contribution is 7.98. The first-order valence-electron chi connectivity index (χ1n) is 12.6. The molecule has 0 aliphatic rings. The average Bonchev–Trinajstić information content (AvgIpc) is 3.42. The number of amides is 1. The summed E-state index contributed by atoms with van der Waals surface area (Å²) in [7, 11) is 0. The molecule has 0 saturated heterocycles. The normalized spacial score (nSPS) is 11.7. The minimum atomic E-state index is -0.604. The molecule has 1 N–H and O–H groups in total. The Balaban J connectivity index is 1.56. The molecule has 0 saturated carbocycles. The van der Waals surface area contributed by atoms with E-state index in [4.69, 9.17) is 23.2 Å². The zero-order chi connectivity index (χ0) is 28.8. The van der Waals surface area contributed by atoms with Gasteiger partial charge in [0, 0.05) is 29.1 Å². The summed E-state index contributed by atoms with van der Waals surface area (Å²) >= 11 is 13.7. The molecule has 0 bridgehead atoms. The van der Waals surface area contributed by atoms with Crippen LogP contribution in [-0.4, -0.2) is 25.6 Å². The van der Waals surface area contributed by atoms with Gasteiger partial charge < -0.3 is 5.32 Å². The van der Waals surface area contributed by atoms with E-state index in [9.17, 15) is 14.9 Å². The molecule has 206 valence electrons. The van der Waals surface area contributed by atoms with Crippen molar-refractivity contribution in [2.24, 2.45) is 0 Å². The van der Waals surface area contributed by atoms with E-state index >= 15 is 0 Å². The molecule has 0 fully saturated rings. The van der Waals surface area contributed by atoms with Crippen LogP contribution in [0.15, 0.2) is 108 Å². The number of hydrogen-bond acceptors (Lipinski definition) is 6. The highest BCUT2D eigenvalue weighted by Gasteiger charge is 2.26. The summed E-state index contributed by atoms with van der Waals surface area (Å²) in [5, 5.41) is 24.6. The second-order valence-corrected chi connectivity index (χ2v) is 10.8. The number of thioether (sulfide) groups is 1. The maximum absolute atomic E-state index is 13.4. The Morgan fingerprint density at radius 1 is 0.878 bits per heavy atom. The Morgan fingerprint density at radius 2 is 1.54 bits per heavy atom. The summed E-state index contributed by atoms with van der Waals surface area (Å²) in [4.78, 5) is 24.3. The highest BCUT2D eigenvalue weighted by atomic mass is 35.5. The SMILES string of the molecule is O=C(N[C@H](Cc1ccccc1)c1nnc(SCc2ccccc2)n1-c1ccc([N+](=O)[O-])cc1)c1ccc(Cl)c(Cl)c1. The molecule has 4 aromatic carbocycles. The molecule has 41 heavy (non-hydrogen) atoms. The smallest absolute Gasteiger partial charge is 0.269 e. The van der Waals surface area contributed by atoms with Gasteiger partial charge in [0.1, 0.15) is 0 Å². The van der Waals surface area contributed by atoms with E-state index in [1.807, 2.05) is 65.2 Å². The Labute approximate surface area is 250 Å². The van der Waals surface area contributed by atoms with Crippen LogP contribution in [0.1, 0.15) is 33.4 Å². The molecule has 0 spiro atoms. The first-order valence-corrected chi connectivity index (χ1v) is 14.3. The first-order chi connectivity index (χ1) is 19.9. The number of nitrogens with one attached hydrogen (secondary N) is 1. The van der Waals surface area contributed by atoms with E-state index in [1.54, 1.807) is 24.3 Å². The summed E-state index contributed by atoms with van der Waals surface area (Å²) in [6.07, 6.45) is 0.419. The number of nitrogens with zero attached hydrogens (tertiary/aromatic N) is 4. The molecule has 1 aromatic heterocycles. The lowest BCUT2D eigenvalue weighted by Gasteiger charge is -2.20. The third-order valence-corrected chi connectivity index (χ3v) is 8.01. The van der Waals surface area contributed by atoms with Gasteiger partial charge >= 0.3 is 0 Å². The van der Waals surface area contributed by atoms with Crippen LogP contribution >= 0.6 is 35.0 Å². The topological polar surface area (TPSA) is 103 Å². The summed E-state index contributed by atoms with van der Waals surface area (Å²) in [5.74, 6) is 0.748. The van der Waals surface area contributed by atoms with Gasteiger partial charge in [0.2, 0.25) is 0 Å². The molecule has 5 aromatic rings. The molecule has 1 amide bonds. The van der Waals surface area contributed by atoms with Crippen molar-refractivity contribution < 1.29 is 9.72 Å². The van der Waals surface area contributed by atoms with Crippen molar-refractivity contribution >= 4 is 46.6 Å². The van der Waals surface area contributed by atoms with Gasteiger partial charge in [-0.25, -0.2) is 0 Å². The van der Waals surface area contributed by atoms with Gasteiger partial charge in [-0.3, -0.25) is 19.5 Å². The number of benzene rings is 4. The van der Waals surface area contributed by atoms with Crippen molar-refractivity contribution in [3.8, 4) is 5.69 Å². The third kappa shape index (κ3) is 6.94. The molecule has 1 heterocycles. The zero-order valence-corrected chi connectivity index (χ0v) is 23.8. The van der Waals surface area contributed by atoms with Crippen LogP contribution in [0, 0.1) is 10.1 Å². The molecule has 0 aliphatic heterocycles. The van der Waals surface area contributed by atoms with E-state index in [-0.39, 0.29) is 16.6 Å². The molecular formula is C30H23Cl2N5O3S. The van der Waals surface area contributed by atoms with Gasteiger partial charge in [0.25, 0.3) is 11.6 Å². The predicted octanol–water partition coefficient (Wildman–Crippen LogP) is 7.49. The number of rotatable bonds is 10. The second kappa shape index (κ2) is 13.0. The van der Waals surface area contributed by atoms with Crippen LogP contribution in [0.25, 0.3) is 5.69 Å². The molecule has 8 nitrogen and oxygen atoms in total. The van der Waals surface area contributed by atoms with Crippen molar-refractivity contribution in [1.29, 1.82) is 0 Å². The lowest BCUT2D eigenvalue weighted by molar-refractivity contribution is -0.384. The predicted molar refractivity (Wildman–Crippen MR) is 161 cm³/mol. The lowest BCUT2D eigenvalue weighted by atomic mass is 10.0. The monoisotopic (exact) mass is 603 g/mol. The largest absolute Gasteiger partial charge is 0.342 e. The Hall–Kier alpha value is -4.18. The van der Waals surface area contributed by atoms with Gasteiger partial charge in [-0.05, 0) is 47.9 Å². The molecule has 0 radical (unpaired) electrons. The van der Waals surface area contributed by atoms with Crippen LogP contribution in [-0.2, 0) is 12.2 Å². The van der Waals surface area contributed by atoms with E-state index in [0.29, 0.717) is 39.4 Å². The summed E-state index contributed by atoms with van der Waals surface area (Å²) in [6.45, 7) is 0. The minimum Gasteiger partial charge on any atom is -0.342 e. The fourth-order valence-electron chi connectivity index (χ4n) is 4.22. The van der Waals surface area contributed by atoms with E-state index in [2.05, 4.69) is 15.5 Å². The fraction of sp³-hybridized carbons (Fsp3) is 0.100. The third-order valence-electron chi connectivity index (χ3n) is 6.27. The maximum atomic E-state index is 13.4. The summed E-state index contributed by atoms with van der Waals surface area (Å²) in [5.41, 5.74) is 3.02. The van der Waals surface area contributed by atoms with E-state index in [0.717, 1.165) is 11.1 Å². The first kappa shape index (κ1) is 28.4. The molecule has 0 unspecified atom stereocenters. The van der Waals surface area contributed by atoms with Crippen molar-refractivity contribution in [1.82, 2.24) is 20.1 Å². The number of nitro benzene ring substituents is 1.